The number of benzene rings is 1. The molecule has 2 rings (SSSR count). The molecule has 0 spiro atoms. The third-order valence-corrected chi connectivity index (χ3v) is 4.65. The first kappa shape index (κ1) is 15.4. The second-order valence-electron chi connectivity index (χ2n) is 6.93. The molecule has 1 fully saturated rings. The molecule has 0 unspecified atom stereocenters. The van der Waals surface area contributed by atoms with Crippen LogP contribution < -0.4 is 10.5 Å². The third-order valence-electron chi connectivity index (χ3n) is 4.65. The van der Waals surface area contributed by atoms with Crippen molar-refractivity contribution < 1.29 is 4.74 Å². The van der Waals surface area contributed by atoms with Crippen molar-refractivity contribution in [3.63, 3.8) is 0 Å². The van der Waals surface area contributed by atoms with Gasteiger partial charge in [-0.1, -0.05) is 26.0 Å². The van der Waals surface area contributed by atoms with Crippen molar-refractivity contribution in [2.75, 3.05) is 0 Å². The molecule has 0 aromatic heterocycles. The fraction of sp³-hybridized carbons (Fsp3) is 0.667. The molecule has 1 aromatic rings. The van der Waals surface area contributed by atoms with E-state index in [0.717, 1.165) is 30.4 Å². The van der Waals surface area contributed by atoms with Crippen molar-refractivity contribution >= 4 is 0 Å². The quantitative estimate of drug-likeness (QED) is 0.879. The van der Waals surface area contributed by atoms with E-state index in [9.17, 15) is 0 Å². The van der Waals surface area contributed by atoms with E-state index in [4.69, 9.17) is 10.5 Å². The Bertz CT molecular complexity index is 431. The van der Waals surface area contributed by atoms with Crippen LogP contribution in [0.3, 0.4) is 0 Å². The van der Waals surface area contributed by atoms with Crippen LogP contribution in [0.2, 0.25) is 0 Å². The van der Waals surface area contributed by atoms with Crippen LogP contribution in [0.1, 0.15) is 58.9 Å². The Kier molecular flexibility index (Phi) is 4.74. The molecule has 1 aromatic carbocycles. The monoisotopic (exact) mass is 275 g/mol. The lowest BCUT2D eigenvalue weighted by Crippen LogP contribution is -2.41. The van der Waals surface area contributed by atoms with Crippen LogP contribution >= 0.6 is 0 Å². The summed E-state index contributed by atoms with van der Waals surface area (Å²) in [5, 5.41) is 0. The van der Waals surface area contributed by atoms with E-state index in [1.165, 1.54) is 18.4 Å². The first-order valence-corrected chi connectivity index (χ1v) is 7.97. The first-order chi connectivity index (χ1) is 9.40. The van der Waals surface area contributed by atoms with Gasteiger partial charge >= 0.3 is 0 Å². The zero-order chi connectivity index (χ0) is 14.8. The van der Waals surface area contributed by atoms with E-state index < -0.39 is 0 Å². The van der Waals surface area contributed by atoms with Crippen LogP contribution in [0, 0.1) is 11.8 Å². The van der Waals surface area contributed by atoms with Crippen molar-refractivity contribution in [3.05, 3.63) is 29.8 Å². The van der Waals surface area contributed by atoms with Crippen LogP contribution in [-0.4, -0.2) is 6.10 Å². The highest BCUT2D eigenvalue weighted by molar-refractivity contribution is 5.33. The number of ether oxygens (including phenoxy) is 1. The van der Waals surface area contributed by atoms with Gasteiger partial charge in [-0.3, -0.25) is 0 Å². The molecule has 1 saturated carbocycles. The van der Waals surface area contributed by atoms with Crippen LogP contribution in [-0.2, 0) is 5.54 Å². The number of hydrogen-bond donors (Lipinski definition) is 1. The average Bonchev–Trinajstić information content (AvgIpc) is 2.39. The van der Waals surface area contributed by atoms with Gasteiger partial charge < -0.3 is 10.5 Å². The standard InChI is InChI=1S/C18H29NO/c1-13(2)15-8-10-18(19,11-9-15)16-6-5-7-17(12-16)20-14(3)4/h5-7,12-15H,8-11,19H2,1-4H3. The highest BCUT2D eigenvalue weighted by Crippen LogP contribution is 2.40. The SMILES string of the molecule is CC(C)Oc1cccc(C2(N)CCC(C(C)C)CC2)c1. The molecule has 1 aliphatic rings. The lowest BCUT2D eigenvalue weighted by molar-refractivity contribution is 0.194. The summed E-state index contributed by atoms with van der Waals surface area (Å²) >= 11 is 0. The van der Waals surface area contributed by atoms with Gasteiger partial charge in [0.25, 0.3) is 0 Å². The van der Waals surface area contributed by atoms with Gasteiger partial charge in [0, 0.05) is 5.54 Å². The first-order valence-electron chi connectivity index (χ1n) is 7.97. The van der Waals surface area contributed by atoms with Crippen molar-refractivity contribution in [2.45, 2.75) is 65.0 Å². The summed E-state index contributed by atoms with van der Waals surface area (Å²) in [7, 11) is 0. The van der Waals surface area contributed by atoms with Crippen molar-refractivity contribution in [1.29, 1.82) is 0 Å². The van der Waals surface area contributed by atoms with Gasteiger partial charge in [0.05, 0.1) is 6.10 Å². The van der Waals surface area contributed by atoms with Gasteiger partial charge in [-0.05, 0) is 69.1 Å². The summed E-state index contributed by atoms with van der Waals surface area (Å²) in [5.41, 5.74) is 7.76. The average molecular weight is 275 g/mol. The molecule has 0 aliphatic heterocycles. The largest absolute Gasteiger partial charge is 0.491 e. The Balaban J connectivity index is 2.11. The summed E-state index contributed by atoms with van der Waals surface area (Å²) in [6.07, 6.45) is 4.85. The van der Waals surface area contributed by atoms with Gasteiger partial charge in [0.2, 0.25) is 0 Å². The van der Waals surface area contributed by atoms with Crippen LogP contribution in [0.25, 0.3) is 0 Å². The molecule has 0 atom stereocenters. The molecule has 2 heteroatoms. The molecule has 0 radical (unpaired) electrons. The second-order valence-corrected chi connectivity index (χ2v) is 6.93. The van der Waals surface area contributed by atoms with Crippen molar-refractivity contribution in [3.8, 4) is 5.75 Å². The minimum absolute atomic E-state index is 0.165. The summed E-state index contributed by atoms with van der Waals surface area (Å²) in [6.45, 7) is 8.76. The number of hydrogen-bond acceptors (Lipinski definition) is 2. The molecule has 0 heterocycles. The summed E-state index contributed by atoms with van der Waals surface area (Å²) in [6, 6.07) is 8.38. The zero-order valence-corrected chi connectivity index (χ0v) is 13.4. The van der Waals surface area contributed by atoms with Crippen molar-refractivity contribution in [1.82, 2.24) is 0 Å². The maximum atomic E-state index is 6.69. The molecule has 2 N–H and O–H groups in total. The number of rotatable bonds is 4. The lowest BCUT2D eigenvalue weighted by Gasteiger charge is -2.39. The topological polar surface area (TPSA) is 35.2 Å². The van der Waals surface area contributed by atoms with Gasteiger partial charge in [0.15, 0.2) is 0 Å². The van der Waals surface area contributed by atoms with Crippen LogP contribution in [0.4, 0.5) is 0 Å². The van der Waals surface area contributed by atoms with Gasteiger partial charge in [-0.15, -0.1) is 0 Å². The third kappa shape index (κ3) is 3.54. The molecular formula is C18H29NO. The fourth-order valence-electron chi connectivity index (χ4n) is 3.26. The van der Waals surface area contributed by atoms with Gasteiger partial charge in [0.1, 0.15) is 5.75 Å². The maximum absolute atomic E-state index is 6.69. The van der Waals surface area contributed by atoms with Gasteiger partial charge in [-0.2, -0.15) is 0 Å². The second kappa shape index (κ2) is 6.17. The molecule has 0 bridgehead atoms. The number of nitrogens with two attached hydrogens (primary N) is 1. The van der Waals surface area contributed by atoms with E-state index >= 15 is 0 Å². The Morgan fingerprint density at radius 3 is 2.35 bits per heavy atom. The minimum atomic E-state index is -0.165. The van der Waals surface area contributed by atoms with E-state index in [1.807, 2.05) is 6.07 Å². The highest BCUT2D eigenvalue weighted by atomic mass is 16.5. The van der Waals surface area contributed by atoms with Crippen LogP contribution in [0.15, 0.2) is 24.3 Å². The van der Waals surface area contributed by atoms with E-state index in [2.05, 4.69) is 45.9 Å². The van der Waals surface area contributed by atoms with E-state index in [-0.39, 0.29) is 11.6 Å². The lowest BCUT2D eigenvalue weighted by atomic mass is 9.70. The predicted octanol–water partition coefficient (Wildman–Crippen LogP) is 4.47. The summed E-state index contributed by atoms with van der Waals surface area (Å²) < 4.78 is 5.79. The molecule has 0 saturated heterocycles. The fourth-order valence-corrected chi connectivity index (χ4v) is 3.26. The maximum Gasteiger partial charge on any atom is 0.120 e. The van der Waals surface area contributed by atoms with Crippen molar-refractivity contribution in [2.24, 2.45) is 17.6 Å². The van der Waals surface area contributed by atoms with Crippen LogP contribution in [0.5, 0.6) is 5.75 Å². The predicted molar refractivity (Wildman–Crippen MR) is 84.9 cm³/mol. The Labute approximate surface area is 123 Å². The minimum Gasteiger partial charge on any atom is -0.491 e. The smallest absolute Gasteiger partial charge is 0.120 e. The van der Waals surface area contributed by atoms with Gasteiger partial charge in [-0.25, -0.2) is 0 Å². The van der Waals surface area contributed by atoms with E-state index in [0.29, 0.717) is 0 Å². The highest BCUT2D eigenvalue weighted by Gasteiger charge is 2.34. The Morgan fingerprint density at radius 2 is 1.80 bits per heavy atom. The van der Waals surface area contributed by atoms with E-state index in [1.54, 1.807) is 0 Å². The summed E-state index contributed by atoms with van der Waals surface area (Å²) in [5.74, 6) is 2.55. The normalized spacial score (nSPS) is 27.1. The molecule has 2 nitrogen and oxygen atoms in total. The molecule has 0 amide bonds. The molecule has 112 valence electrons. The molecular weight excluding hydrogens is 246 g/mol. The molecule has 20 heavy (non-hydrogen) atoms. The zero-order valence-electron chi connectivity index (χ0n) is 13.4. The summed E-state index contributed by atoms with van der Waals surface area (Å²) in [4.78, 5) is 0. The molecule has 1 aliphatic carbocycles. The Morgan fingerprint density at radius 1 is 1.15 bits per heavy atom. The Hall–Kier alpha value is -1.02.